The van der Waals surface area contributed by atoms with E-state index in [1.54, 1.807) is 0 Å². The fourth-order valence-electron chi connectivity index (χ4n) is 3.58. The average molecular weight is 323 g/mol. The summed E-state index contributed by atoms with van der Waals surface area (Å²) in [5.74, 6) is 0. The first-order chi connectivity index (χ1) is 9.29. The van der Waals surface area contributed by atoms with Gasteiger partial charge in [-0.05, 0) is 53.9 Å². The minimum Gasteiger partial charge on any atom is -0.365 e. The molecule has 3 rings (SSSR count). The summed E-state index contributed by atoms with van der Waals surface area (Å²) in [4.78, 5) is 5.36. The summed E-state index contributed by atoms with van der Waals surface area (Å²) < 4.78 is 1.23. The highest BCUT2D eigenvalue weighted by Crippen LogP contribution is 2.33. The standard InChI is InChI=1S/C16H23BrN2/c1-2-13-11-18-10-6-5-7-14(18)12-19(13)16-9-4-3-8-15(16)17/h3-4,8-9,13-14H,2,5-7,10-12H2,1H3. The predicted octanol–water partition coefficient (Wildman–Crippen LogP) is 3.90. The van der Waals surface area contributed by atoms with E-state index in [-0.39, 0.29) is 0 Å². The maximum atomic E-state index is 3.72. The highest BCUT2D eigenvalue weighted by atomic mass is 79.9. The summed E-state index contributed by atoms with van der Waals surface area (Å²) in [6.07, 6.45) is 5.39. The van der Waals surface area contributed by atoms with E-state index in [0.29, 0.717) is 6.04 Å². The Hall–Kier alpha value is -0.540. The van der Waals surface area contributed by atoms with E-state index in [1.807, 2.05) is 0 Å². The largest absolute Gasteiger partial charge is 0.365 e. The van der Waals surface area contributed by atoms with Gasteiger partial charge in [-0.2, -0.15) is 0 Å². The third-order valence-corrected chi connectivity index (χ3v) is 5.35. The Morgan fingerprint density at radius 2 is 2.05 bits per heavy atom. The summed E-state index contributed by atoms with van der Waals surface area (Å²) in [7, 11) is 0. The maximum absolute atomic E-state index is 3.72. The Bertz CT molecular complexity index is 435. The summed E-state index contributed by atoms with van der Waals surface area (Å²) in [5.41, 5.74) is 1.37. The molecule has 2 heterocycles. The Balaban J connectivity index is 1.85. The van der Waals surface area contributed by atoms with Crippen LogP contribution in [-0.2, 0) is 0 Å². The van der Waals surface area contributed by atoms with Crippen LogP contribution in [0.3, 0.4) is 0 Å². The van der Waals surface area contributed by atoms with Crippen molar-refractivity contribution in [1.82, 2.24) is 4.90 Å². The van der Waals surface area contributed by atoms with Crippen LogP contribution in [0.4, 0.5) is 5.69 Å². The van der Waals surface area contributed by atoms with E-state index in [0.717, 1.165) is 6.04 Å². The number of piperidine rings is 1. The van der Waals surface area contributed by atoms with Crippen molar-refractivity contribution in [1.29, 1.82) is 0 Å². The van der Waals surface area contributed by atoms with Crippen LogP contribution in [0.15, 0.2) is 28.7 Å². The number of benzene rings is 1. The lowest BCUT2D eigenvalue weighted by Gasteiger charge is -2.49. The van der Waals surface area contributed by atoms with Crippen molar-refractivity contribution < 1.29 is 0 Å². The molecule has 0 radical (unpaired) electrons. The van der Waals surface area contributed by atoms with Gasteiger partial charge in [0.15, 0.2) is 0 Å². The van der Waals surface area contributed by atoms with Crippen molar-refractivity contribution in [2.75, 3.05) is 24.5 Å². The molecule has 0 spiro atoms. The zero-order chi connectivity index (χ0) is 13.2. The van der Waals surface area contributed by atoms with Crippen LogP contribution in [0.5, 0.6) is 0 Å². The van der Waals surface area contributed by atoms with Gasteiger partial charge in [0.25, 0.3) is 0 Å². The zero-order valence-corrected chi connectivity index (χ0v) is 13.3. The molecule has 3 heteroatoms. The van der Waals surface area contributed by atoms with Crippen LogP contribution >= 0.6 is 15.9 Å². The first kappa shape index (κ1) is 13.4. The first-order valence-corrected chi connectivity index (χ1v) is 8.34. The number of fused-ring (bicyclic) bond motifs is 1. The molecule has 0 bridgehead atoms. The summed E-state index contributed by atoms with van der Waals surface area (Å²) in [6, 6.07) is 10.1. The van der Waals surface area contributed by atoms with E-state index in [4.69, 9.17) is 0 Å². The molecule has 0 saturated carbocycles. The number of anilines is 1. The average Bonchev–Trinajstić information content (AvgIpc) is 2.46. The van der Waals surface area contributed by atoms with Crippen molar-refractivity contribution in [2.45, 2.75) is 44.7 Å². The molecule has 2 nitrogen and oxygen atoms in total. The van der Waals surface area contributed by atoms with Crippen molar-refractivity contribution in [3.05, 3.63) is 28.7 Å². The summed E-state index contributed by atoms with van der Waals surface area (Å²) >= 11 is 3.72. The molecule has 2 atom stereocenters. The third kappa shape index (κ3) is 2.68. The van der Waals surface area contributed by atoms with Gasteiger partial charge in [-0.1, -0.05) is 25.5 Å². The minimum atomic E-state index is 0.660. The molecule has 2 fully saturated rings. The van der Waals surface area contributed by atoms with E-state index >= 15 is 0 Å². The van der Waals surface area contributed by atoms with Crippen molar-refractivity contribution in [3.8, 4) is 0 Å². The number of piperazine rings is 1. The fourth-order valence-corrected chi connectivity index (χ4v) is 4.09. The number of hydrogen-bond acceptors (Lipinski definition) is 2. The quantitative estimate of drug-likeness (QED) is 0.814. The summed E-state index contributed by atoms with van der Waals surface area (Å²) in [5, 5.41) is 0. The lowest BCUT2D eigenvalue weighted by Crippen LogP contribution is -2.59. The third-order valence-electron chi connectivity index (χ3n) is 4.68. The number of para-hydroxylation sites is 1. The van der Waals surface area contributed by atoms with Gasteiger partial charge in [0.05, 0.1) is 5.69 Å². The second-order valence-corrected chi connectivity index (χ2v) is 6.66. The SMILES string of the molecule is CCC1CN2CCCCC2CN1c1ccccc1Br. The molecule has 2 aliphatic heterocycles. The van der Waals surface area contributed by atoms with Crippen molar-refractivity contribution >= 4 is 21.6 Å². The second kappa shape index (κ2) is 5.84. The molecule has 2 aliphatic rings. The highest BCUT2D eigenvalue weighted by Gasteiger charge is 2.34. The fraction of sp³-hybridized carbons (Fsp3) is 0.625. The lowest BCUT2D eigenvalue weighted by molar-refractivity contribution is 0.111. The van der Waals surface area contributed by atoms with Crippen molar-refractivity contribution in [2.24, 2.45) is 0 Å². The van der Waals surface area contributed by atoms with Gasteiger partial charge in [0, 0.05) is 29.6 Å². The molecule has 0 amide bonds. The smallest absolute Gasteiger partial charge is 0.0514 e. The normalized spacial score (nSPS) is 28.2. The minimum absolute atomic E-state index is 0.660. The van der Waals surface area contributed by atoms with Gasteiger partial charge >= 0.3 is 0 Å². The number of hydrogen-bond donors (Lipinski definition) is 0. The Morgan fingerprint density at radius 3 is 2.84 bits per heavy atom. The predicted molar refractivity (Wildman–Crippen MR) is 84.8 cm³/mol. The van der Waals surface area contributed by atoms with E-state index in [1.165, 1.54) is 55.5 Å². The van der Waals surface area contributed by atoms with Crippen LogP contribution in [-0.4, -0.2) is 36.6 Å². The topological polar surface area (TPSA) is 6.48 Å². The molecule has 19 heavy (non-hydrogen) atoms. The van der Waals surface area contributed by atoms with Gasteiger partial charge < -0.3 is 4.90 Å². The van der Waals surface area contributed by atoms with Crippen LogP contribution in [0, 0.1) is 0 Å². The first-order valence-electron chi connectivity index (χ1n) is 7.55. The Morgan fingerprint density at radius 1 is 1.21 bits per heavy atom. The van der Waals surface area contributed by atoms with Crippen LogP contribution in [0.2, 0.25) is 0 Å². The van der Waals surface area contributed by atoms with Crippen LogP contribution in [0.25, 0.3) is 0 Å². The zero-order valence-electron chi connectivity index (χ0n) is 11.7. The van der Waals surface area contributed by atoms with Crippen molar-refractivity contribution in [3.63, 3.8) is 0 Å². The molecular weight excluding hydrogens is 300 g/mol. The Labute approximate surface area is 124 Å². The summed E-state index contributed by atoms with van der Waals surface area (Å²) in [6.45, 7) is 6.06. The molecule has 2 unspecified atom stereocenters. The van der Waals surface area contributed by atoms with Crippen LogP contribution in [0.1, 0.15) is 32.6 Å². The van der Waals surface area contributed by atoms with Gasteiger partial charge in [0.1, 0.15) is 0 Å². The van der Waals surface area contributed by atoms with E-state index in [9.17, 15) is 0 Å². The van der Waals surface area contributed by atoms with Crippen LogP contribution < -0.4 is 4.90 Å². The molecule has 0 aliphatic carbocycles. The molecule has 2 saturated heterocycles. The molecular formula is C16H23BrN2. The lowest BCUT2D eigenvalue weighted by atomic mass is 9.95. The Kier molecular flexibility index (Phi) is 4.13. The molecule has 1 aromatic rings. The number of halogens is 1. The highest BCUT2D eigenvalue weighted by molar-refractivity contribution is 9.10. The second-order valence-electron chi connectivity index (χ2n) is 5.81. The number of nitrogens with zero attached hydrogens (tertiary/aromatic N) is 2. The molecule has 1 aromatic carbocycles. The van der Waals surface area contributed by atoms with E-state index in [2.05, 4.69) is 56.9 Å². The molecule has 0 aromatic heterocycles. The molecule has 104 valence electrons. The monoisotopic (exact) mass is 322 g/mol. The van der Waals surface area contributed by atoms with Gasteiger partial charge in [0.2, 0.25) is 0 Å². The molecule has 0 N–H and O–H groups in total. The van der Waals surface area contributed by atoms with Gasteiger partial charge in [-0.3, -0.25) is 4.90 Å². The van der Waals surface area contributed by atoms with E-state index < -0.39 is 0 Å². The van der Waals surface area contributed by atoms with Gasteiger partial charge in [-0.25, -0.2) is 0 Å². The maximum Gasteiger partial charge on any atom is 0.0514 e. The number of rotatable bonds is 2. The van der Waals surface area contributed by atoms with Gasteiger partial charge in [-0.15, -0.1) is 0 Å².